The molecule has 0 bridgehead atoms. The second kappa shape index (κ2) is 8.59. The van der Waals surface area contributed by atoms with E-state index in [9.17, 15) is 0 Å². The van der Waals surface area contributed by atoms with E-state index in [0.717, 1.165) is 34.9 Å². The summed E-state index contributed by atoms with van der Waals surface area (Å²) in [5, 5.41) is 3.66. The van der Waals surface area contributed by atoms with Crippen molar-refractivity contribution in [3.8, 4) is 11.5 Å². The minimum absolute atomic E-state index is 0.121. The van der Waals surface area contributed by atoms with Crippen molar-refractivity contribution in [2.24, 2.45) is 4.99 Å². The Morgan fingerprint density at radius 3 is 2.36 bits per heavy atom. The number of fused-ring (bicyclic) bond motifs is 1. The minimum atomic E-state index is -0.121. The molecule has 0 spiro atoms. The van der Waals surface area contributed by atoms with Gasteiger partial charge in [-0.3, -0.25) is 4.99 Å². The molecule has 0 aromatic heterocycles. The van der Waals surface area contributed by atoms with E-state index in [1.807, 2.05) is 12.1 Å². The molecular weight excluding hydrogens is 312 g/mol. The van der Waals surface area contributed by atoms with Gasteiger partial charge in [0, 0.05) is 12.1 Å². The summed E-state index contributed by atoms with van der Waals surface area (Å²) in [7, 11) is 3.40. The van der Waals surface area contributed by atoms with Gasteiger partial charge in [0.1, 0.15) is 11.5 Å². The molecule has 0 saturated heterocycles. The zero-order valence-electron chi connectivity index (χ0n) is 16.7. The van der Waals surface area contributed by atoms with E-state index < -0.39 is 0 Å². The van der Waals surface area contributed by atoms with Crippen molar-refractivity contribution in [2.75, 3.05) is 19.5 Å². The third kappa shape index (κ3) is 5.13. The standard InChI is InChI=1S/C21H34N2O2/c1-7-8-9-10-11-12-16-20(23-21(2,3)4)19-17(22-16)13-15(24-5)14-18(19)25-6/h13-14,16,22H,7-12H2,1-6H3. The molecule has 1 aliphatic rings. The third-order valence-electron chi connectivity index (χ3n) is 4.50. The fourth-order valence-corrected chi connectivity index (χ4v) is 3.33. The number of hydrogen-bond donors (Lipinski definition) is 1. The van der Waals surface area contributed by atoms with Crippen molar-refractivity contribution in [3.63, 3.8) is 0 Å². The lowest BCUT2D eigenvalue weighted by Gasteiger charge is -2.19. The lowest BCUT2D eigenvalue weighted by Crippen LogP contribution is -2.26. The summed E-state index contributed by atoms with van der Waals surface area (Å²) in [5.41, 5.74) is 3.16. The lowest BCUT2D eigenvalue weighted by atomic mass is 9.99. The van der Waals surface area contributed by atoms with Crippen LogP contribution in [0.1, 0.15) is 71.8 Å². The fourth-order valence-electron chi connectivity index (χ4n) is 3.33. The molecule has 1 N–H and O–H groups in total. The van der Waals surface area contributed by atoms with Crippen molar-refractivity contribution in [2.45, 2.75) is 77.8 Å². The first-order valence-corrected chi connectivity index (χ1v) is 9.52. The van der Waals surface area contributed by atoms with Crippen molar-refractivity contribution in [1.29, 1.82) is 0 Å². The van der Waals surface area contributed by atoms with Gasteiger partial charge in [0.05, 0.1) is 42.8 Å². The van der Waals surface area contributed by atoms with Crippen LogP contribution in [0.25, 0.3) is 0 Å². The molecule has 1 unspecified atom stereocenters. The molecule has 2 rings (SSSR count). The quantitative estimate of drug-likeness (QED) is 0.637. The molecule has 1 heterocycles. The summed E-state index contributed by atoms with van der Waals surface area (Å²) in [5.74, 6) is 1.64. The Hall–Kier alpha value is -1.71. The largest absolute Gasteiger partial charge is 0.497 e. The summed E-state index contributed by atoms with van der Waals surface area (Å²) >= 11 is 0. The topological polar surface area (TPSA) is 42.8 Å². The van der Waals surface area contributed by atoms with Gasteiger partial charge in [0.15, 0.2) is 0 Å². The number of hydrogen-bond acceptors (Lipinski definition) is 4. The van der Waals surface area contributed by atoms with Crippen LogP contribution in [-0.4, -0.2) is 31.5 Å². The normalized spacial score (nSPS) is 18.2. The third-order valence-corrected chi connectivity index (χ3v) is 4.50. The van der Waals surface area contributed by atoms with Crippen LogP contribution in [0.3, 0.4) is 0 Å². The number of benzene rings is 1. The van der Waals surface area contributed by atoms with Crippen LogP contribution < -0.4 is 14.8 Å². The van der Waals surface area contributed by atoms with Crippen molar-refractivity contribution in [3.05, 3.63) is 17.7 Å². The molecule has 4 nitrogen and oxygen atoms in total. The van der Waals surface area contributed by atoms with Gasteiger partial charge < -0.3 is 14.8 Å². The highest BCUT2D eigenvalue weighted by atomic mass is 16.5. The maximum Gasteiger partial charge on any atom is 0.133 e. The Balaban J connectivity index is 2.28. The minimum Gasteiger partial charge on any atom is -0.497 e. The van der Waals surface area contributed by atoms with Gasteiger partial charge in [-0.2, -0.15) is 0 Å². The highest BCUT2D eigenvalue weighted by Crippen LogP contribution is 2.40. The van der Waals surface area contributed by atoms with E-state index in [0.29, 0.717) is 0 Å². The molecule has 1 aromatic rings. The van der Waals surface area contributed by atoms with Crippen molar-refractivity contribution < 1.29 is 9.47 Å². The van der Waals surface area contributed by atoms with Gasteiger partial charge >= 0.3 is 0 Å². The van der Waals surface area contributed by atoms with E-state index >= 15 is 0 Å². The van der Waals surface area contributed by atoms with Gasteiger partial charge in [-0.15, -0.1) is 0 Å². The maximum atomic E-state index is 5.65. The van der Waals surface area contributed by atoms with Crippen LogP contribution in [-0.2, 0) is 0 Å². The number of nitrogens with zero attached hydrogens (tertiary/aromatic N) is 1. The first kappa shape index (κ1) is 19.6. The average Bonchev–Trinajstić information content (AvgIpc) is 2.89. The summed E-state index contributed by atoms with van der Waals surface area (Å²) < 4.78 is 11.1. The molecule has 1 atom stereocenters. The Labute approximate surface area is 153 Å². The van der Waals surface area contributed by atoms with Crippen LogP contribution in [0.15, 0.2) is 17.1 Å². The molecule has 1 aromatic carbocycles. The van der Waals surface area contributed by atoms with Crippen LogP contribution in [0, 0.1) is 0 Å². The second-order valence-corrected chi connectivity index (χ2v) is 7.82. The Bertz CT molecular complexity index is 603. The van der Waals surface area contributed by atoms with E-state index in [4.69, 9.17) is 14.5 Å². The number of unbranched alkanes of at least 4 members (excludes halogenated alkanes) is 4. The first-order valence-electron chi connectivity index (χ1n) is 9.52. The summed E-state index contributed by atoms with van der Waals surface area (Å²) in [6, 6.07) is 4.24. The zero-order chi connectivity index (χ0) is 18.4. The molecule has 25 heavy (non-hydrogen) atoms. The van der Waals surface area contributed by atoms with Crippen LogP contribution in [0.5, 0.6) is 11.5 Å². The molecule has 0 aliphatic carbocycles. The fraction of sp³-hybridized carbons (Fsp3) is 0.667. The summed E-state index contributed by atoms with van der Waals surface area (Å²) in [4.78, 5) is 5.04. The van der Waals surface area contributed by atoms with Gasteiger partial charge in [0.2, 0.25) is 0 Å². The average molecular weight is 347 g/mol. The Kier molecular flexibility index (Phi) is 6.74. The summed E-state index contributed by atoms with van der Waals surface area (Å²) in [6.07, 6.45) is 7.52. The highest BCUT2D eigenvalue weighted by molar-refractivity contribution is 6.16. The maximum absolute atomic E-state index is 5.65. The number of anilines is 1. The number of methoxy groups -OCH3 is 2. The Morgan fingerprint density at radius 1 is 1.04 bits per heavy atom. The van der Waals surface area contributed by atoms with E-state index in [-0.39, 0.29) is 11.6 Å². The SMILES string of the molecule is CCCCCCCC1Nc2cc(OC)cc(OC)c2C1=NC(C)(C)C. The highest BCUT2D eigenvalue weighted by Gasteiger charge is 2.32. The van der Waals surface area contributed by atoms with Gasteiger partial charge in [-0.05, 0) is 27.2 Å². The van der Waals surface area contributed by atoms with Crippen LogP contribution >= 0.6 is 0 Å². The number of nitrogens with one attached hydrogen (secondary N) is 1. The van der Waals surface area contributed by atoms with Gasteiger partial charge in [-0.25, -0.2) is 0 Å². The first-order chi connectivity index (χ1) is 11.9. The van der Waals surface area contributed by atoms with Crippen LogP contribution in [0.4, 0.5) is 5.69 Å². The zero-order valence-corrected chi connectivity index (χ0v) is 16.7. The predicted molar refractivity (Wildman–Crippen MR) is 107 cm³/mol. The molecule has 140 valence electrons. The Morgan fingerprint density at radius 2 is 1.76 bits per heavy atom. The van der Waals surface area contributed by atoms with E-state index in [2.05, 4.69) is 33.0 Å². The number of aliphatic imine (C=N–C) groups is 1. The lowest BCUT2D eigenvalue weighted by molar-refractivity contribution is 0.394. The van der Waals surface area contributed by atoms with Gasteiger partial charge in [0.25, 0.3) is 0 Å². The van der Waals surface area contributed by atoms with Crippen LogP contribution in [0.2, 0.25) is 0 Å². The molecule has 1 aliphatic heterocycles. The molecule has 0 amide bonds. The van der Waals surface area contributed by atoms with Gasteiger partial charge in [-0.1, -0.05) is 39.0 Å². The molecular formula is C21H34N2O2. The molecule has 0 radical (unpaired) electrons. The number of ether oxygens (including phenoxy) is 2. The van der Waals surface area contributed by atoms with Crippen molar-refractivity contribution in [1.82, 2.24) is 0 Å². The second-order valence-electron chi connectivity index (χ2n) is 7.82. The number of rotatable bonds is 8. The summed E-state index contributed by atoms with van der Waals surface area (Å²) in [6.45, 7) is 8.69. The van der Waals surface area contributed by atoms with E-state index in [1.165, 1.54) is 32.1 Å². The molecule has 0 fully saturated rings. The molecule has 0 saturated carbocycles. The van der Waals surface area contributed by atoms with E-state index in [1.54, 1.807) is 14.2 Å². The predicted octanol–water partition coefficient (Wildman–Crippen LogP) is 5.45. The monoisotopic (exact) mass is 346 g/mol. The van der Waals surface area contributed by atoms with Crippen molar-refractivity contribution >= 4 is 11.4 Å². The smallest absolute Gasteiger partial charge is 0.133 e. The molecule has 4 heteroatoms.